The number of aromatic nitrogens is 2. The van der Waals surface area contributed by atoms with E-state index >= 15 is 0 Å². The van der Waals surface area contributed by atoms with Crippen molar-refractivity contribution >= 4 is 11.7 Å². The van der Waals surface area contributed by atoms with Crippen LogP contribution in [0.3, 0.4) is 0 Å². The van der Waals surface area contributed by atoms with E-state index in [2.05, 4.69) is 27.2 Å². The summed E-state index contributed by atoms with van der Waals surface area (Å²) in [6.07, 6.45) is 4.70. The molecule has 0 atom stereocenters. The summed E-state index contributed by atoms with van der Waals surface area (Å²) in [6.45, 7) is 4.68. The minimum Gasteiger partial charge on any atom is -0.365 e. The van der Waals surface area contributed by atoms with E-state index in [1.165, 1.54) is 12.4 Å². The first-order valence-corrected chi connectivity index (χ1v) is 6.28. The topological polar surface area (TPSA) is 66.9 Å². The highest BCUT2D eigenvalue weighted by Crippen LogP contribution is 2.02. The molecule has 0 aliphatic rings. The minimum atomic E-state index is -0.239. The van der Waals surface area contributed by atoms with Crippen molar-refractivity contribution in [3.8, 4) is 0 Å². The Morgan fingerprint density at radius 3 is 2.65 bits per heavy atom. The number of carbonyl (C=O) groups excluding carboxylic acids is 1. The number of rotatable bonds is 6. The van der Waals surface area contributed by atoms with Crippen LogP contribution in [0.4, 0.5) is 5.82 Å². The molecule has 0 unspecified atom stereocenters. The fraction of sp³-hybridized carbons (Fsp3) is 0.133. The van der Waals surface area contributed by atoms with Gasteiger partial charge in [0.05, 0.1) is 12.4 Å². The number of hydrogen-bond acceptors (Lipinski definition) is 4. The molecule has 2 N–H and O–H groups in total. The van der Waals surface area contributed by atoms with Gasteiger partial charge in [0, 0.05) is 13.1 Å². The number of carbonyl (C=O) groups is 1. The van der Waals surface area contributed by atoms with Crippen LogP contribution in [-0.2, 0) is 6.54 Å². The summed E-state index contributed by atoms with van der Waals surface area (Å²) in [5.41, 5.74) is 1.34. The SMILES string of the molecule is C=CCNc1cnc(C(=O)NCc2ccccc2)cn1. The maximum absolute atomic E-state index is 11.9. The molecule has 1 aromatic carbocycles. The van der Waals surface area contributed by atoms with Crippen molar-refractivity contribution in [1.82, 2.24) is 15.3 Å². The van der Waals surface area contributed by atoms with Gasteiger partial charge in [-0.25, -0.2) is 9.97 Å². The zero-order valence-corrected chi connectivity index (χ0v) is 11.0. The Kier molecular flexibility index (Phi) is 4.83. The monoisotopic (exact) mass is 268 g/mol. The van der Waals surface area contributed by atoms with Crippen molar-refractivity contribution in [3.05, 3.63) is 66.6 Å². The van der Waals surface area contributed by atoms with Gasteiger partial charge in [-0.3, -0.25) is 4.79 Å². The van der Waals surface area contributed by atoms with Crippen LogP contribution in [0.1, 0.15) is 16.1 Å². The van der Waals surface area contributed by atoms with Gasteiger partial charge in [-0.1, -0.05) is 36.4 Å². The van der Waals surface area contributed by atoms with Crippen LogP contribution >= 0.6 is 0 Å². The van der Waals surface area contributed by atoms with E-state index in [4.69, 9.17) is 0 Å². The first kappa shape index (κ1) is 13.7. The van der Waals surface area contributed by atoms with Gasteiger partial charge in [-0.05, 0) is 5.56 Å². The predicted molar refractivity (Wildman–Crippen MR) is 78.3 cm³/mol. The van der Waals surface area contributed by atoms with Crippen molar-refractivity contribution in [2.45, 2.75) is 6.54 Å². The summed E-state index contributed by atoms with van der Waals surface area (Å²) >= 11 is 0. The maximum Gasteiger partial charge on any atom is 0.271 e. The highest BCUT2D eigenvalue weighted by molar-refractivity contribution is 5.91. The van der Waals surface area contributed by atoms with Crippen molar-refractivity contribution in [1.29, 1.82) is 0 Å². The molecule has 1 amide bonds. The Labute approximate surface area is 117 Å². The molecule has 0 fully saturated rings. The smallest absolute Gasteiger partial charge is 0.271 e. The summed E-state index contributed by atoms with van der Waals surface area (Å²) < 4.78 is 0. The largest absolute Gasteiger partial charge is 0.365 e. The molecule has 2 rings (SSSR count). The van der Waals surface area contributed by atoms with E-state index in [9.17, 15) is 4.79 Å². The molecule has 0 aliphatic heterocycles. The van der Waals surface area contributed by atoms with Crippen LogP contribution in [0.5, 0.6) is 0 Å². The molecule has 0 radical (unpaired) electrons. The van der Waals surface area contributed by atoms with Crippen molar-refractivity contribution in [2.75, 3.05) is 11.9 Å². The first-order chi connectivity index (χ1) is 9.79. The molecule has 0 saturated carbocycles. The van der Waals surface area contributed by atoms with Crippen LogP contribution in [0.25, 0.3) is 0 Å². The number of nitrogens with zero attached hydrogens (tertiary/aromatic N) is 2. The molecule has 0 bridgehead atoms. The van der Waals surface area contributed by atoms with Crippen LogP contribution in [0.2, 0.25) is 0 Å². The summed E-state index contributed by atoms with van der Waals surface area (Å²) in [7, 11) is 0. The molecule has 2 aromatic rings. The van der Waals surface area contributed by atoms with Gasteiger partial charge >= 0.3 is 0 Å². The second kappa shape index (κ2) is 7.04. The van der Waals surface area contributed by atoms with Crippen LogP contribution in [0, 0.1) is 0 Å². The van der Waals surface area contributed by atoms with Gasteiger partial charge in [0.15, 0.2) is 0 Å². The molecule has 5 heteroatoms. The quantitative estimate of drug-likeness (QED) is 0.786. The number of nitrogens with one attached hydrogen (secondary N) is 2. The molecule has 0 saturated heterocycles. The Bertz CT molecular complexity index is 566. The Morgan fingerprint density at radius 1 is 1.20 bits per heavy atom. The highest BCUT2D eigenvalue weighted by Gasteiger charge is 2.07. The number of benzene rings is 1. The van der Waals surface area contributed by atoms with Crippen LogP contribution < -0.4 is 10.6 Å². The first-order valence-electron chi connectivity index (χ1n) is 6.28. The third kappa shape index (κ3) is 3.91. The summed E-state index contributed by atoms with van der Waals surface area (Å²) in [5.74, 6) is 0.376. The minimum absolute atomic E-state index is 0.239. The number of amides is 1. The van der Waals surface area contributed by atoms with Gasteiger partial charge in [-0.2, -0.15) is 0 Å². The van der Waals surface area contributed by atoms with Gasteiger partial charge in [-0.15, -0.1) is 6.58 Å². The molecule has 102 valence electrons. The van der Waals surface area contributed by atoms with E-state index in [0.717, 1.165) is 5.56 Å². The third-order valence-corrected chi connectivity index (χ3v) is 2.61. The molecular formula is C15H16N4O. The maximum atomic E-state index is 11.9. The molecular weight excluding hydrogens is 252 g/mol. The fourth-order valence-electron chi connectivity index (χ4n) is 1.58. The lowest BCUT2D eigenvalue weighted by Gasteiger charge is -2.05. The zero-order chi connectivity index (χ0) is 14.2. The Hall–Kier alpha value is -2.69. The Morgan fingerprint density at radius 2 is 2.00 bits per heavy atom. The molecule has 1 aromatic heterocycles. The lowest BCUT2D eigenvalue weighted by atomic mass is 10.2. The lowest BCUT2D eigenvalue weighted by molar-refractivity contribution is 0.0945. The van der Waals surface area contributed by atoms with Crippen molar-refractivity contribution < 1.29 is 4.79 Å². The Balaban J connectivity index is 1.90. The average Bonchev–Trinajstić information content (AvgIpc) is 2.52. The van der Waals surface area contributed by atoms with E-state index in [1.54, 1.807) is 6.08 Å². The zero-order valence-electron chi connectivity index (χ0n) is 11.0. The molecule has 1 heterocycles. The van der Waals surface area contributed by atoms with Gasteiger partial charge in [0.2, 0.25) is 0 Å². The second-order valence-electron chi connectivity index (χ2n) is 4.12. The standard InChI is InChI=1S/C15H16N4O/c1-2-8-16-14-11-17-13(10-18-14)15(20)19-9-12-6-4-3-5-7-12/h2-7,10-11H,1,8-9H2,(H,16,18)(H,19,20). The number of anilines is 1. The number of hydrogen-bond donors (Lipinski definition) is 2. The highest BCUT2D eigenvalue weighted by atomic mass is 16.1. The molecule has 0 spiro atoms. The summed E-state index contributed by atoms with van der Waals surface area (Å²) in [4.78, 5) is 20.1. The molecule has 0 aliphatic carbocycles. The predicted octanol–water partition coefficient (Wildman–Crippen LogP) is 2.00. The summed E-state index contributed by atoms with van der Waals surface area (Å²) in [6, 6.07) is 9.71. The molecule has 20 heavy (non-hydrogen) atoms. The summed E-state index contributed by atoms with van der Waals surface area (Å²) in [5, 5.41) is 5.79. The fourth-order valence-corrected chi connectivity index (χ4v) is 1.58. The third-order valence-electron chi connectivity index (χ3n) is 2.61. The van der Waals surface area contributed by atoms with Gasteiger partial charge in [0.25, 0.3) is 5.91 Å². The van der Waals surface area contributed by atoms with Gasteiger partial charge < -0.3 is 10.6 Å². The molecule has 5 nitrogen and oxygen atoms in total. The van der Waals surface area contributed by atoms with Crippen molar-refractivity contribution in [2.24, 2.45) is 0 Å². The van der Waals surface area contributed by atoms with E-state index in [-0.39, 0.29) is 5.91 Å². The van der Waals surface area contributed by atoms with Crippen molar-refractivity contribution in [3.63, 3.8) is 0 Å². The lowest BCUT2D eigenvalue weighted by Crippen LogP contribution is -2.24. The van der Waals surface area contributed by atoms with Crippen LogP contribution in [-0.4, -0.2) is 22.4 Å². The van der Waals surface area contributed by atoms with Crippen LogP contribution in [0.15, 0.2) is 55.4 Å². The normalized spacial score (nSPS) is 9.80. The average molecular weight is 268 g/mol. The van der Waals surface area contributed by atoms with E-state index < -0.39 is 0 Å². The van der Waals surface area contributed by atoms with E-state index in [1.807, 2.05) is 30.3 Å². The second-order valence-corrected chi connectivity index (χ2v) is 4.12. The van der Waals surface area contributed by atoms with E-state index in [0.29, 0.717) is 24.6 Å². The van der Waals surface area contributed by atoms with Gasteiger partial charge in [0.1, 0.15) is 11.5 Å².